The van der Waals surface area contributed by atoms with E-state index in [0.29, 0.717) is 18.1 Å². The zero-order chi connectivity index (χ0) is 19.3. The summed E-state index contributed by atoms with van der Waals surface area (Å²) in [6, 6.07) is 11.5. The summed E-state index contributed by atoms with van der Waals surface area (Å²) >= 11 is 0. The summed E-state index contributed by atoms with van der Waals surface area (Å²) in [7, 11) is 0. The molecule has 1 aliphatic heterocycles. The molecule has 0 saturated carbocycles. The lowest BCUT2D eigenvalue weighted by Gasteiger charge is -2.26. The number of hydrogen-bond acceptors (Lipinski definition) is 5. The van der Waals surface area contributed by atoms with E-state index in [4.69, 9.17) is 4.42 Å². The monoisotopic (exact) mass is 379 g/mol. The second-order valence-corrected chi connectivity index (χ2v) is 7.14. The molecule has 1 fully saturated rings. The van der Waals surface area contributed by atoms with Gasteiger partial charge in [-0.1, -0.05) is 24.1 Å². The number of hydrogen-bond donors (Lipinski definition) is 1. The van der Waals surface area contributed by atoms with Crippen LogP contribution in [0.4, 0.5) is 0 Å². The number of rotatable bonds is 6. The topological polar surface area (TPSA) is 76.2 Å². The van der Waals surface area contributed by atoms with Crippen LogP contribution in [0.3, 0.4) is 0 Å². The Hall–Kier alpha value is -2.93. The van der Waals surface area contributed by atoms with Gasteiger partial charge in [0.15, 0.2) is 11.6 Å². The summed E-state index contributed by atoms with van der Waals surface area (Å²) in [5.74, 6) is 0.955. The molecule has 0 radical (unpaired) electrons. The van der Waals surface area contributed by atoms with E-state index < -0.39 is 0 Å². The molecule has 0 bridgehead atoms. The lowest BCUT2D eigenvalue weighted by Crippen LogP contribution is -2.37. The lowest BCUT2D eigenvalue weighted by molar-refractivity contribution is 0.0936. The van der Waals surface area contributed by atoms with E-state index in [-0.39, 0.29) is 11.7 Å². The van der Waals surface area contributed by atoms with Crippen molar-refractivity contribution in [1.82, 2.24) is 25.0 Å². The van der Waals surface area contributed by atoms with Crippen molar-refractivity contribution in [3.63, 3.8) is 0 Å². The Morgan fingerprint density at radius 3 is 2.64 bits per heavy atom. The van der Waals surface area contributed by atoms with Crippen LogP contribution in [0.15, 0.2) is 47.1 Å². The highest BCUT2D eigenvalue weighted by atomic mass is 16.3. The fourth-order valence-corrected chi connectivity index (χ4v) is 3.43. The van der Waals surface area contributed by atoms with Gasteiger partial charge in [0.2, 0.25) is 5.82 Å². The molecule has 1 saturated heterocycles. The van der Waals surface area contributed by atoms with Gasteiger partial charge in [-0.05, 0) is 57.1 Å². The Kier molecular flexibility index (Phi) is 5.53. The van der Waals surface area contributed by atoms with Gasteiger partial charge >= 0.3 is 0 Å². The van der Waals surface area contributed by atoms with Gasteiger partial charge in [-0.3, -0.25) is 4.79 Å². The lowest BCUT2D eigenvalue weighted by atomic mass is 10.1. The van der Waals surface area contributed by atoms with Gasteiger partial charge in [-0.25, -0.2) is 4.68 Å². The van der Waals surface area contributed by atoms with E-state index in [2.05, 4.69) is 20.3 Å². The van der Waals surface area contributed by atoms with Crippen LogP contribution >= 0.6 is 0 Å². The summed E-state index contributed by atoms with van der Waals surface area (Å²) in [5, 5.41) is 7.39. The number of aryl methyl sites for hydroxylation is 1. The van der Waals surface area contributed by atoms with Crippen molar-refractivity contribution in [3.8, 4) is 17.3 Å². The molecule has 1 aromatic carbocycles. The van der Waals surface area contributed by atoms with Gasteiger partial charge in [-0.2, -0.15) is 4.98 Å². The number of aromatic nitrogens is 3. The largest absolute Gasteiger partial charge is 0.461 e. The predicted octanol–water partition coefficient (Wildman–Crippen LogP) is 3.05. The van der Waals surface area contributed by atoms with Gasteiger partial charge in [0, 0.05) is 13.1 Å². The Balaban J connectivity index is 1.51. The molecule has 3 heterocycles. The Bertz CT molecular complexity index is 909. The maximum atomic E-state index is 12.6. The number of nitrogens with zero attached hydrogens (tertiary/aromatic N) is 4. The van der Waals surface area contributed by atoms with Crippen LogP contribution in [-0.4, -0.2) is 51.8 Å². The molecular formula is C21H25N5O2. The molecule has 0 aliphatic carbocycles. The van der Waals surface area contributed by atoms with Crippen molar-refractivity contribution in [3.05, 3.63) is 54.0 Å². The molecule has 1 amide bonds. The highest BCUT2D eigenvalue weighted by molar-refractivity contribution is 5.90. The van der Waals surface area contributed by atoms with Crippen molar-refractivity contribution < 1.29 is 9.21 Å². The Labute approximate surface area is 164 Å². The molecule has 4 rings (SSSR count). The predicted molar refractivity (Wildman–Crippen MR) is 106 cm³/mol. The Morgan fingerprint density at radius 2 is 1.93 bits per heavy atom. The third-order valence-corrected chi connectivity index (χ3v) is 4.99. The normalized spacial score (nSPS) is 14.9. The van der Waals surface area contributed by atoms with Crippen molar-refractivity contribution >= 4 is 5.91 Å². The average molecular weight is 379 g/mol. The number of carbonyl (C=O) groups excluding carboxylic acids is 1. The summed E-state index contributed by atoms with van der Waals surface area (Å²) in [4.78, 5) is 19.4. The van der Waals surface area contributed by atoms with Gasteiger partial charge in [0.05, 0.1) is 12.0 Å². The zero-order valence-corrected chi connectivity index (χ0v) is 16.1. The van der Waals surface area contributed by atoms with Gasteiger partial charge in [0.25, 0.3) is 5.91 Å². The number of piperidine rings is 1. The van der Waals surface area contributed by atoms with E-state index in [9.17, 15) is 4.79 Å². The van der Waals surface area contributed by atoms with Crippen LogP contribution in [0.2, 0.25) is 0 Å². The van der Waals surface area contributed by atoms with Crippen molar-refractivity contribution in [2.75, 3.05) is 26.2 Å². The standard InChI is InChI=1S/C21H25N5O2/c1-16-7-9-17(10-8-16)26-20(18-6-5-15-28-18)23-19(24-26)21(27)22-11-14-25-12-3-2-4-13-25/h5-10,15H,2-4,11-14H2,1H3,(H,22,27). The van der Waals surface area contributed by atoms with Crippen LogP contribution in [-0.2, 0) is 0 Å². The minimum absolute atomic E-state index is 0.144. The second-order valence-electron chi connectivity index (χ2n) is 7.14. The second kappa shape index (κ2) is 8.39. The minimum atomic E-state index is -0.268. The molecule has 2 aromatic heterocycles. The van der Waals surface area contributed by atoms with Crippen molar-refractivity contribution in [1.29, 1.82) is 0 Å². The third kappa shape index (κ3) is 4.14. The molecule has 0 unspecified atom stereocenters. The first-order valence-electron chi connectivity index (χ1n) is 9.79. The van der Waals surface area contributed by atoms with Crippen LogP contribution in [0.25, 0.3) is 17.3 Å². The number of carbonyl (C=O) groups is 1. The Morgan fingerprint density at radius 1 is 1.14 bits per heavy atom. The maximum absolute atomic E-state index is 12.6. The fourth-order valence-electron chi connectivity index (χ4n) is 3.43. The molecule has 1 aliphatic rings. The average Bonchev–Trinajstić information content (AvgIpc) is 3.39. The SMILES string of the molecule is Cc1ccc(-n2nc(C(=O)NCCN3CCCCC3)nc2-c2ccco2)cc1. The zero-order valence-electron chi connectivity index (χ0n) is 16.1. The molecule has 0 spiro atoms. The molecule has 7 heteroatoms. The molecule has 28 heavy (non-hydrogen) atoms. The molecule has 3 aromatic rings. The number of amides is 1. The molecule has 1 N–H and O–H groups in total. The first-order chi connectivity index (χ1) is 13.7. The maximum Gasteiger partial charge on any atom is 0.291 e. The van der Waals surface area contributed by atoms with Crippen LogP contribution in [0, 0.1) is 6.92 Å². The van der Waals surface area contributed by atoms with Crippen molar-refractivity contribution in [2.45, 2.75) is 26.2 Å². The van der Waals surface area contributed by atoms with Crippen LogP contribution in [0.5, 0.6) is 0 Å². The molecule has 7 nitrogen and oxygen atoms in total. The number of likely N-dealkylation sites (tertiary alicyclic amines) is 1. The van der Waals surface area contributed by atoms with Crippen molar-refractivity contribution in [2.24, 2.45) is 0 Å². The molecule has 0 atom stereocenters. The van der Waals surface area contributed by atoms with Gasteiger partial charge < -0.3 is 14.6 Å². The first-order valence-corrected chi connectivity index (χ1v) is 9.79. The number of furan rings is 1. The van der Waals surface area contributed by atoms with Crippen LogP contribution < -0.4 is 5.32 Å². The summed E-state index contributed by atoms with van der Waals surface area (Å²) in [6.45, 7) is 5.70. The van der Waals surface area contributed by atoms with E-state index in [1.807, 2.05) is 37.3 Å². The van der Waals surface area contributed by atoms with Crippen LogP contribution in [0.1, 0.15) is 35.4 Å². The van der Waals surface area contributed by atoms with Gasteiger partial charge in [0.1, 0.15) is 0 Å². The summed E-state index contributed by atoms with van der Waals surface area (Å²) in [6.07, 6.45) is 5.37. The third-order valence-electron chi connectivity index (χ3n) is 4.99. The smallest absolute Gasteiger partial charge is 0.291 e. The first kappa shape index (κ1) is 18.4. The number of nitrogens with one attached hydrogen (secondary N) is 1. The minimum Gasteiger partial charge on any atom is -0.461 e. The fraction of sp³-hybridized carbons (Fsp3) is 0.381. The molecular weight excluding hydrogens is 354 g/mol. The summed E-state index contributed by atoms with van der Waals surface area (Å²) in [5.41, 5.74) is 1.98. The highest BCUT2D eigenvalue weighted by Crippen LogP contribution is 2.22. The quantitative estimate of drug-likeness (QED) is 0.712. The highest BCUT2D eigenvalue weighted by Gasteiger charge is 2.20. The van der Waals surface area contributed by atoms with E-state index in [1.165, 1.54) is 19.3 Å². The van der Waals surface area contributed by atoms with Gasteiger partial charge in [-0.15, -0.1) is 5.10 Å². The number of benzene rings is 1. The van der Waals surface area contributed by atoms with E-state index in [1.54, 1.807) is 17.0 Å². The molecule has 146 valence electrons. The van der Waals surface area contributed by atoms with E-state index >= 15 is 0 Å². The van der Waals surface area contributed by atoms with E-state index in [0.717, 1.165) is 30.9 Å². The summed E-state index contributed by atoms with van der Waals surface area (Å²) < 4.78 is 7.15.